The van der Waals surface area contributed by atoms with Gasteiger partial charge in [-0.1, -0.05) is 0 Å². The molecule has 0 atom stereocenters. The van der Waals surface area contributed by atoms with Crippen molar-refractivity contribution in [2.75, 3.05) is 47.5 Å². The van der Waals surface area contributed by atoms with Crippen LogP contribution in [0.1, 0.15) is 6.42 Å². The highest BCUT2D eigenvalue weighted by Crippen LogP contribution is 2.39. The fourth-order valence-electron chi connectivity index (χ4n) is 2.42. The minimum atomic E-state index is -3.71. The minimum absolute atomic E-state index is 0.0419. The van der Waals surface area contributed by atoms with Gasteiger partial charge in [0.25, 0.3) is 10.0 Å². The molecule has 0 aliphatic carbocycles. The summed E-state index contributed by atoms with van der Waals surface area (Å²) in [6.45, 7) is 2.32. The van der Waals surface area contributed by atoms with E-state index in [9.17, 15) is 8.42 Å². The maximum absolute atomic E-state index is 13.0. The van der Waals surface area contributed by atoms with E-state index in [0.29, 0.717) is 25.4 Å². The largest absolute Gasteiger partial charge is 0.496 e. The van der Waals surface area contributed by atoms with Crippen LogP contribution in [0, 0.1) is 0 Å². The van der Waals surface area contributed by atoms with Gasteiger partial charge >= 0.3 is 0 Å². The summed E-state index contributed by atoms with van der Waals surface area (Å²) < 4.78 is 43.1. The van der Waals surface area contributed by atoms with Gasteiger partial charge < -0.3 is 19.5 Å². The highest BCUT2D eigenvalue weighted by molar-refractivity contribution is 7.89. The molecule has 0 aromatic heterocycles. The van der Waals surface area contributed by atoms with E-state index in [1.54, 1.807) is 12.1 Å². The SMILES string of the molecule is COc1cc(OC)c(S(=O)(=O)N2CCCNCC2)c(OC)c1. The van der Waals surface area contributed by atoms with Crippen LogP contribution in [-0.4, -0.2) is 60.2 Å². The molecular formula is C14H22N2O5S. The monoisotopic (exact) mass is 330 g/mol. The number of ether oxygens (including phenoxy) is 3. The predicted octanol–water partition coefficient (Wildman–Crippen LogP) is 0.696. The van der Waals surface area contributed by atoms with Crippen molar-refractivity contribution in [2.24, 2.45) is 0 Å². The van der Waals surface area contributed by atoms with Crippen molar-refractivity contribution in [3.63, 3.8) is 0 Å². The Labute approximate surface area is 131 Å². The summed E-state index contributed by atoms with van der Waals surface area (Å²) >= 11 is 0. The molecule has 1 aliphatic rings. The lowest BCUT2D eigenvalue weighted by molar-refractivity contribution is 0.353. The summed E-state index contributed by atoms with van der Waals surface area (Å²) in [5.41, 5.74) is 0. The molecule has 1 N–H and O–H groups in total. The summed E-state index contributed by atoms with van der Waals surface area (Å²) in [4.78, 5) is 0.0419. The fourth-order valence-corrected chi connectivity index (χ4v) is 4.17. The topological polar surface area (TPSA) is 77.1 Å². The fraction of sp³-hybridized carbons (Fsp3) is 0.571. The van der Waals surface area contributed by atoms with E-state index in [4.69, 9.17) is 14.2 Å². The van der Waals surface area contributed by atoms with Gasteiger partial charge in [-0.2, -0.15) is 4.31 Å². The Morgan fingerprint density at radius 3 is 2.18 bits per heavy atom. The lowest BCUT2D eigenvalue weighted by atomic mass is 10.3. The van der Waals surface area contributed by atoms with Crippen molar-refractivity contribution in [3.05, 3.63) is 12.1 Å². The maximum atomic E-state index is 13.0. The van der Waals surface area contributed by atoms with Crippen LogP contribution < -0.4 is 19.5 Å². The molecule has 1 aliphatic heterocycles. The van der Waals surface area contributed by atoms with Crippen LogP contribution in [0.5, 0.6) is 17.2 Å². The third-order valence-electron chi connectivity index (χ3n) is 3.57. The van der Waals surface area contributed by atoms with Gasteiger partial charge in [-0.3, -0.25) is 0 Å². The number of methoxy groups -OCH3 is 3. The second kappa shape index (κ2) is 7.17. The Morgan fingerprint density at radius 1 is 1.00 bits per heavy atom. The lowest BCUT2D eigenvalue weighted by Gasteiger charge is -2.22. The molecule has 0 amide bonds. The zero-order chi connectivity index (χ0) is 16.2. The van der Waals surface area contributed by atoms with Crippen molar-refractivity contribution in [1.29, 1.82) is 0 Å². The number of hydrogen-bond donors (Lipinski definition) is 1. The Kier molecular flexibility index (Phi) is 5.49. The predicted molar refractivity (Wildman–Crippen MR) is 82.3 cm³/mol. The van der Waals surface area contributed by atoms with E-state index in [2.05, 4.69) is 5.32 Å². The number of nitrogens with one attached hydrogen (secondary N) is 1. The van der Waals surface area contributed by atoms with E-state index in [1.165, 1.54) is 25.6 Å². The third kappa shape index (κ3) is 3.29. The number of benzene rings is 1. The summed E-state index contributed by atoms with van der Waals surface area (Å²) in [6.07, 6.45) is 0.764. The summed E-state index contributed by atoms with van der Waals surface area (Å²) in [5, 5.41) is 3.19. The van der Waals surface area contributed by atoms with Crippen LogP contribution in [0.3, 0.4) is 0 Å². The maximum Gasteiger partial charge on any atom is 0.250 e. The molecule has 1 fully saturated rings. The van der Waals surface area contributed by atoms with Gasteiger partial charge in [0.15, 0.2) is 4.90 Å². The number of hydrogen-bond acceptors (Lipinski definition) is 6. The van der Waals surface area contributed by atoms with Gasteiger partial charge in [-0.15, -0.1) is 0 Å². The van der Waals surface area contributed by atoms with E-state index in [0.717, 1.165) is 13.0 Å². The lowest BCUT2D eigenvalue weighted by Crippen LogP contribution is -2.34. The number of sulfonamides is 1. The van der Waals surface area contributed by atoms with Crippen molar-refractivity contribution < 1.29 is 22.6 Å². The second-order valence-electron chi connectivity index (χ2n) is 4.87. The van der Waals surface area contributed by atoms with Gasteiger partial charge in [0.2, 0.25) is 0 Å². The molecule has 0 spiro atoms. The van der Waals surface area contributed by atoms with Crippen molar-refractivity contribution in [3.8, 4) is 17.2 Å². The average molecular weight is 330 g/mol. The van der Waals surface area contributed by atoms with E-state index >= 15 is 0 Å². The summed E-state index contributed by atoms with van der Waals surface area (Å²) in [5.74, 6) is 0.909. The van der Waals surface area contributed by atoms with Crippen LogP contribution in [0.2, 0.25) is 0 Å². The van der Waals surface area contributed by atoms with Gasteiger partial charge in [-0.25, -0.2) is 8.42 Å². The number of nitrogens with zero attached hydrogens (tertiary/aromatic N) is 1. The summed E-state index contributed by atoms with van der Waals surface area (Å²) in [6, 6.07) is 3.09. The third-order valence-corrected chi connectivity index (χ3v) is 5.53. The van der Waals surface area contributed by atoms with Crippen molar-refractivity contribution >= 4 is 10.0 Å². The highest BCUT2D eigenvalue weighted by atomic mass is 32.2. The van der Waals surface area contributed by atoms with Crippen molar-refractivity contribution in [1.82, 2.24) is 9.62 Å². The Bertz CT molecular complexity index is 585. The zero-order valence-corrected chi connectivity index (χ0v) is 13.9. The molecule has 8 heteroatoms. The van der Waals surface area contributed by atoms with Crippen LogP contribution >= 0.6 is 0 Å². The summed E-state index contributed by atoms with van der Waals surface area (Å²) in [7, 11) is 0.650. The minimum Gasteiger partial charge on any atom is -0.496 e. The molecule has 1 saturated heterocycles. The molecule has 1 heterocycles. The zero-order valence-electron chi connectivity index (χ0n) is 13.1. The standard InChI is InChI=1S/C14H22N2O5S/c1-19-11-9-12(20-2)14(13(10-11)21-3)22(17,18)16-7-4-5-15-6-8-16/h9-10,15H,4-8H2,1-3H3. The van der Waals surface area contributed by atoms with Gasteiger partial charge in [-0.05, 0) is 13.0 Å². The van der Waals surface area contributed by atoms with Crippen molar-refractivity contribution in [2.45, 2.75) is 11.3 Å². The van der Waals surface area contributed by atoms with Crippen LogP contribution in [0.15, 0.2) is 17.0 Å². The van der Waals surface area contributed by atoms with Crippen LogP contribution in [0.25, 0.3) is 0 Å². The molecule has 7 nitrogen and oxygen atoms in total. The smallest absolute Gasteiger partial charge is 0.250 e. The molecule has 0 unspecified atom stereocenters. The quantitative estimate of drug-likeness (QED) is 0.856. The molecule has 1 aromatic rings. The molecule has 124 valence electrons. The van der Waals surface area contributed by atoms with Crippen LogP contribution in [-0.2, 0) is 10.0 Å². The first-order chi connectivity index (χ1) is 10.5. The average Bonchev–Trinajstić information content (AvgIpc) is 2.83. The number of rotatable bonds is 5. The van der Waals surface area contributed by atoms with Gasteiger partial charge in [0.05, 0.1) is 21.3 Å². The normalized spacial score (nSPS) is 16.9. The first-order valence-electron chi connectivity index (χ1n) is 7.05. The highest BCUT2D eigenvalue weighted by Gasteiger charge is 2.32. The Balaban J connectivity index is 2.53. The molecule has 0 radical (unpaired) electrons. The first-order valence-corrected chi connectivity index (χ1v) is 8.49. The van der Waals surface area contributed by atoms with Gasteiger partial charge in [0.1, 0.15) is 17.2 Å². The molecular weight excluding hydrogens is 308 g/mol. The molecule has 22 heavy (non-hydrogen) atoms. The van der Waals surface area contributed by atoms with E-state index < -0.39 is 10.0 Å². The van der Waals surface area contributed by atoms with E-state index in [-0.39, 0.29) is 16.4 Å². The second-order valence-corrected chi connectivity index (χ2v) is 6.74. The first kappa shape index (κ1) is 16.9. The Morgan fingerprint density at radius 2 is 1.64 bits per heavy atom. The van der Waals surface area contributed by atoms with E-state index in [1.807, 2.05) is 0 Å². The molecule has 2 rings (SSSR count). The van der Waals surface area contributed by atoms with Crippen LogP contribution in [0.4, 0.5) is 0 Å². The molecule has 0 saturated carbocycles. The Hall–Kier alpha value is -1.51. The molecule has 1 aromatic carbocycles. The molecule has 0 bridgehead atoms. The van der Waals surface area contributed by atoms with Gasteiger partial charge in [0, 0.05) is 31.8 Å².